The number of hydrogen-bond acceptors (Lipinski definition) is 2. The Labute approximate surface area is 110 Å². The molecule has 4 nitrogen and oxygen atoms in total. The molecule has 1 aliphatic carbocycles. The highest BCUT2D eigenvalue weighted by molar-refractivity contribution is 5.96. The zero-order valence-electron chi connectivity index (χ0n) is 10.4. The van der Waals surface area contributed by atoms with Gasteiger partial charge in [-0.1, -0.05) is 12.2 Å². The summed E-state index contributed by atoms with van der Waals surface area (Å²) in [5.74, 6) is -1.44. The zero-order chi connectivity index (χ0) is 13.8. The van der Waals surface area contributed by atoms with Crippen LogP contribution in [0.2, 0.25) is 0 Å². The van der Waals surface area contributed by atoms with Crippen LogP contribution in [0.4, 0.5) is 10.1 Å². The second-order valence-electron chi connectivity index (χ2n) is 4.58. The molecule has 0 aromatic heterocycles. The molecule has 19 heavy (non-hydrogen) atoms. The van der Waals surface area contributed by atoms with E-state index in [9.17, 15) is 14.0 Å². The molecular weight excluding hydrogens is 247 g/mol. The van der Waals surface area contributed by atoms with Gasteiger partial charge >= 0.3 is 0 Å². The van der Waals surface area contributed by atoms with Gasteiger partial charge in [-0.25, -0.2) is 4.39 Å². The summed E-state index contributed by atoms with van der Waals surface area (Å²) in [6.07, 6.45) is 6.45. The smallest absolute Gasteiger partial charge is 0.251 e. The van der Waals surface area contributed by atoms with Crippen molar-refractivity contribution in [1.29, 1.82) is 0 Å². The van der Waals surface area contributed by atoms with Crippen molar-refractivity contribution in [1.82, 2.24) is 0 Å². The number of nitrogens with two attached hydrogens (primary N) is 1. The molecule has 1 aliphatic rings. The average molecular weight is 262 g/mol. The summed E-state index contributed by atoms with van der Waals surface area (Å²) < 4.78 is 13.3. The summed E-state index contributed by atoms with van der Waals surface area (Å²) in [4.78, 5) is 22.8. The maximum Gasteiger partial charge on any atom is 0.251 e. The number of carbonyl (C=O) groups is 2. The third kappa shape index (κ3) is 3.40. The van der Waals surface area contributed by atoms with Crippen LogP contribution in [0, 0.1) is 11.7 Å². The Kier molecular flexibility index (Phi) is 3.94. The van der Waals surface area contributed by atoms with Crippen molar-refractivity contribution in [3.05, 3.63) is 41.7 Å². The van der Waals surface area contributed by atoms with Crippen LogP contribution in [0.15, 0.2) is 30.4 Å². The third-order valence-electron chi connectivity index (χ3n) is 3.08. The molecule has 100 valence electrons. The Morgan fingerprint density at radius 1 is 1.42 bits per heavy atom. The van der Waals surface area contributed by atoms with Gasteiger partial charge in [0.1, 0.15) is 5.82 Å². The van der Waals surface area contributed by atoms with E-state index in [1.807, 2.05) is 6.08 Å². The largest absolute Gasteiger partial charge is 0.366 e. The van der Waals surface area contributed by atoms with Crippen molar-refractivity contribution in [3.8, 4) is 0 Å². The van der Waals surface area contributed by atoms with E-state index < -0.39 is 11.7 Å². The fourth-order valence-electron chi connectivity index (χ4n) is 2.11. The minimum absolute atomic E-state index is 0.154. The summed E-state index contributed by atoms with van der Waals surface area (Å²) in [5, 5.41) is 2.64. The Morgan fingerprint density at radius 3 is 2.84 bits per heavy atom. The van der Waals surface area contributed by atoms with Crippen molar-refractivity contribution in [2.24, 2.45) is 11.7 Å². The predicted molar refractivity (Wildman–Crippen MR) is 70.0 cm³/mol. The fourth-order valence-corrected chi connectivity index (χ4v) is 2.11. The molecule has 0 aliphatic heterocycles. The molecule has 2 amide bonds. The zero-order valence-corrected chi connectivity index (χ0v) is 10.4. The Bertz CT molecular complexity index is 540. The minimum atomic E-state index is -0.854. The maximum absolute atomic E-state index is 13.3. The molecule has 0 saturated heterocycles. The van der Waals surface area contributed by atoms with Crippen molar-refractivity contribution in [2.45, 2.75) is 19.3 Å². The predicted octanol–water partition coefficient (Wildman–Crippen LogP) is 2.22. The standard InChI is InChI=1S/C14H15FN2O2/c15-12-6-5-10(8-11(12)14(16)19)17-13(18)7-9-3-1-2-4-9/h1,3,5-6,8-9H,2,4,7H2,(H2,16,19)(H,17,18)/t9-/m0/s1. The van der Waals surface area contributed by atoms with Gasteiger partial charge in [0.05, 0.1) is 5.56 Å². The number of carbonyl (C=O) groups excluding carboxylic acids is 2. The number of hydrogen-bond donors (Lipinski definition) is 2. The number of allylic oxidation sites excluding steroid dienone is 2. The number of anilines is 1. The van der Waals surface area contributed by atoms with Crippen molar-refractivity contribution >= 4 is 17.5 Å². The van der Waals surface area contributed by atoms with Crippen molar-refractivity contribution in [2.75, 3.05) is 5.32 Å². The van der Waals surface area contributed by atoms with E-state index in [-0.39, 0.29) is 17.4 Å². The van der Waals surface area contributed by atoms with Gasteiger partial charge in [0.15, 0.2) is 0 Å². The van der Waals surface area contributed by atoms with Crippen LogP contribution < -0.4 is 11.1 Å². The monoisotopic (exact) mass is 262 g/mol. The highest BCUT2D eigenvalue weighted by Crippen LogP contribution is 2.21. The molecule has 5 heteroatoms. The Balaban J connectivity index is 2.02. The normalized spacial score (nSPS) is 17.4. The highest BCUT2D eigenvalue weighted by Gasteiger charge is 2.15. The van der Waals surface area contributed by atoms with Crippen LogP contribution in [-0.4, -0.2) is 11.8 Å². The van der Waals surface area contributed by atoms with Crippen LogP contribution in [0.1, 0.15) is 29.6 Å². The Morgan fingerprint density at radius 2 is 2.21 bits per heavy atom. The lowest BCUT2D eigenvalue weighted by Gasteiger charge is -2.09. The second kappa shape index (κ2) is 5.65. The summed E-state index contributed by atoms with van der Waals surface area (Å²) in [6.45, 7) is 0. The first kappa shape index (κ1) is 13.3. The first-order valence-corrected chi connectivity index (χ1v) is 6.12. The lowest BCUT2D eigenvalue weighted by atomic mass is 10.0. The molecular formula is C14H15FN2O2. The van der Waals surface area contributed by atoms with Crippen molar-refractivity contribution < 1.29 is 14.0 Å². The van der Waals surface area contributed by atoms with Gasteiger partial charge in [-0.15, -0.1) is 0 Å². The van der Waals surface area contributed by atoms with E-state index in [0.717, 1.165) is 18.9 Å². The molecule has 3 N–H and O–H groups in total. The molecule has 0 bridgehead atoms. The van der Waals surface area contributed by atoms with Gasteiger partial charge in [0.25, 0.3) is 5.91 Å². The first-order chi connectivity index (χ1) is 9.06. The molecule has 0 heterocycles. The van der Waals surface area contributed by atoms with Crippen LogP contribution in [-0.2, 0) is 4.79 Å². The van der Waals surface area contributed by atoms with Crippen LogP contribution in [0.3, 0.4) is 0 Å². The quantitative estimate of drug-likeness (QED) is 0.817. The molecule has 0 spiro atoms. The van der Waals surface area contributed by atoms with Crippen LogP contribution >= 0.6 is 0 Å². The molecule has 0 radical (unpaired) electrons. The van der Waals surface area contributed by atoms with Gasteiger partial charge in [0.2, 0.25) is 5.91 Å². The molecule has 0 unspecified atom stereocenters. The third-order valence-corrected chi connectivity index (χ3v) is 3.08. The molecule has 2 rings (SSSR count). The molecule has 1 atom stereocenters. The molecule has 1 aromatic carbocycles. The lowest BCUT2D eigenvalue weighted by Crippen LogP contribution is -2.17. The first-order valence-electron chi connectivity index (χ1n) is 6.12. The highest BCUT2D eigenvalue weighted by atomic mass is 19.1. The van der Waals surface area contributed by atoms with Crippen LogP contribution in [0.25, 0.3) is 0 Å². The minimum Gasteiger partial charge on any atom is -0.366 e. The van der Waals surface area contributed by atoms with E-state index in [1.165, 1.54) is 12.1 Å². The lowest BCUT2D eigenvalue weighted by molar-refractivity contribution is -0.116. The van der Waals surface area contributed by atoms with Gasteiger partial charge in [-0.05, 0) is 37.0 Å². The summed E-state index contributed by atoms with van der Waals surface area (Å²) in [6, 6.07) is 3.77. The number of halogens is 1. The SMILES string of the molecule is NC(=O)c1cc(NC(=O)C[C@H]2C=CCC2)ccc1F. The maximum atomic E-state index is 13.3. The number of amides is 2. The van der Waals surface area contributed by atoms with Gasteiger partial charge in [-0.2, -0.15) is 0 Å². The number of benzene rings is 1. The average Bonchev–Trinajstić information content (AvgIpc) is 2.84. The summed E-state index contributed by atoms with van der Waals surface area (Å²) >= 11 is 0. The fraction of sp³-hybridized carbons (Fsp3) is 0.286. The van der Waals surface area contributed by atoms with E-state index in [4.69, 9.17) is 5.73 Å². The van der Waals surface area contributed by atoms with Gasteiger partial charge in [0, 0.05) is 12.1 Å². The van der Waals surface area contributed by atoms with Crippen LogP contribution in [0.5, 0.6) is 0 Å². The van der Waals surface area contributed by atoms with E-state index in [0.29, 0.717) is 12.1 Å². The van der Waals surface area contributed by atoms with Crippen molar-refractivity contribution in [3.63, 3.8) is 0 Å². The van der Waals surface area contributed by atoms with E-state index in [2.05, 4.69) is 11.4 Å². The van der Waals surface area contributed by atoms with Gasteiger partial charge < -0.3 is 11.1 Å². The number of rotatable bonds is 4. The number of primary amides is 1. The van der Waals surface area contributed by atoms with E-state index >= 15 is 0 Å². The summed E-state index contributed by atoms with van der Waals surface area (Å²) in [5.41, 5.74) is 5.20. The molecule has 0 fully saturated rings. The Hall–Kier alpha value is -2.17. The summed E-state index contributed by atoms with van der Waals surface area (Å²) in [7, 11) is 0. The van der Waals surface area contributed by atoms with E-state index in [1.54, 1.807) is 0 Å². The van der Waals surface area contributed by atoms with Gasteiger partial charge in [-0.3, -0.25) is 9.59 Å². The topological polar surface area (TPSA) is 72.2 Å². The molecule has 0 saturated carbocycles. The number of nitrogens with one attached hydrogen (secondary N) is 1. The second-order valence-corrected chi connectivity index (χ2v) is 4.58. The molecule has 1 aromatic rings.